The van der Waals surface area contributed by atoms with E-state index < -0.39 is 0 Å². The van der Waals surface area contributed by atoms with E-state index in [1.807, 2.05) is 13.8 Å². The molecule has 3 heteroatoms. The van der Waals surface area contributed by atoms with Crippen molar-refractivity contribution < 1.29 is 9.59 Å². The molecule has 1 amide bonds. The minimum absolute atomic E-state index is 0.0168. The molecule has 0 spiro atoms. The molecule has 0 aromatic rings. The summed E-state index contributed by atoms with van der Waals surface area (Å²) in [5.41, 5.74) is 0. The number of ketones is 1. The number of carbonyl (C=O) groups is 2. The molecule has 0 saturated carbocycles. The summed E-state index contributed by atoms with van der Waals surface area (Å²) in [4.78, 5) is 21.7. The topological polar surface area (TPSA) is 46.2 Å². The first-order valence-corrected chi connectivity index (χ1v) is 3.76. The van der Waals surface area contributed by atoms with E-state index in [9.17, 15) is 9.59 Å². The van der Waals surface area contributed by atoms with Crippen LogP contribution in [0.4, 0.5) is 0 Å². The second kappa shape index (κ2) is 4.11. The quantitative estimate of drug-likeness (QED) is 0.656. The van der Waals surface area contributed by atoms with Crippen LogP contribution in [0.2, 0.25) is 0 Å². The summed E-state index contributed by atoms with van der Waals surface area (Å²) in [6.45, 7) is 6.75. The predicted octanol–water partition coefficient (Wildman–Crippen LogP) is 0.736. The Balaban J connectivity index is 3.93. The highest BCUT2D eigenvalue weighted by atomic mass is 16.2. The summed E-state index contributed by atoms with van der Waals surface area (Å²) in [5, 5.41) is 2.54. The first-order chi connectivity index (χ1) is 4.95. The molecule has 0 aromatic heterocycles. The minimum Gasteiger partial charge on any atom is -0.347 e. The number of hydrogen-bond acceptors (Lipinski definition) is 2. The van der Waals surface area contributed by atoms with E-state index in [0.717, 1.165) is 0 Å². The van der Waals surface area contributed by atoms with E-state index in [1.54, 1.807) is 6.92 Å². The Bertz CT molecular complexity index is 163. The van der Waals surface area contributed by atoms with Crippen molar-refractivity contribution >= 4 is 11.7 Å². The van der Waals surface area contributed by atoms with Crippen LogP contribution in [0, 0.1) is 5.92 Å². The van der Waals surface area contributed by atoms with Crippen LogP contribution in [0.5, 0.6) is 0 Å². The number of nitrogens with one attached hydrogen (secondary N) is 1. The highest BCUT2D eigenvalue weighted by Crippen LogP contribution is 1.98. The zero-order valence-electron chi connectivity index (χ0n) is 7.47. The molecule has 1 atom stereocenters. The molecule has 0 rings (SSSR count). The van der Waals surface area contributed by atoms with Crippen molar-refractivity contribution in [2.24, 2.45) is 5.92 Å². The number of carbonyl (C=O) groups excluding carboxylic acids is 2. The molecule has 0 radical (unpaired) electrons. The molecule has 11 heavy (non-hydrogen) atoms. The molecule has 0 bridgehead atoms. The minimum atomic E-state index is -0.354. The molecular formula is C8H15NO2. The predicted molar refractivity (Wildman–Crippen MR) is 43.1 cm³/mol. The molecule has 0 saturated heterocycles. The van der Waals surface area contributed by atoms with Crippen LogP contribution in [-0.2, 0) is 9.59 Å². The number of rotatable bonds is 3. The van der Waals surface area contributed by atoms with Crippen LogP contribution < -0.4 is 5.32 Å². The van der Waals surface area contributed by atoms with Gasteiger partial charge in [0.25, 0.3) is 0 Å². The van der Waals surface area contributed by atoms with Crippen molar-refractivity contribution in [1.82, 2.24) is 5.32 Å². The highest BCUT2D eigenvalue weighted by molar-refractivity contribution is 5.89. The van der Waals surface area contributed by atoms with E-state index >= 15 is 0 Å². The standard InChI is InChI=1S/C8H15NO2/c1-5(2)8(11)6(3)9-7(4)10/h5-6H,1-4H3,(H,9,10). The first-order valence-electron chi connectivity index (χ1n) is 3.76. The Morgan fingerprint density at radius 1 is 1.18 bits per heavy atom. The molecule has 64 valence electrons. The fourth-order valence-corrected chi connectivity index (χ4v) is 0.876. The fraction of sp³-hybridized carbons (Fsp3) is 0.750. The monoisotopic (exact) mass is 157 g/mol. The van der Waals surface area contributed by atoms with Crippen LogP contribution in [0.15, 0.2) is 0 Å². The van der Waals surface area contributed by atoms with Crippen molar-refractivity contribution in [2.75, 3.05) is 0 Å². The first kappa shape index (κ1) is 10.1. The van der Waals surface area contributed by atoms with E-state index in [0.29, 0.717) is 0 Å². The van der Waals surface area contributed by atoms with Crippen LogP contribution in [-0.4, -0.2) is 17.7 Å². The van der Waals surface area contributed by atoms with Crippen LogP contribution >= 0.6 is 0 Å². The highest BCUT2D eigenvalue weighted by Gasteiger charge is 2.16. The summed E-state index contributed by atoms with van der Waals surface area (Å²) in [7, 11) is 0. The summed E-state index contributed by atoms with van der Waals surface area (Å²) in [6, 6.07) is -0.354. The van der Waals surface area contributed by atoms with Crippen LogP contribution in [0.1, 0.15) is 27.7 Å². The van der Waals surface area contributed by atoms with Gasteiger partial charge in [-0.3, -0.25) is 9.59 Å². The lowest BCUT2D eigenvalue weighted by Crippen LogP contribution is -2.39. The van der Waals surface area contributed by atoms with Gasteiger partial charge in [-0.1, -0.05) is 13.8 Å². The van der Waals surface area contributed by atoms with Gasteiger partial charge >= 0.3 is 0 Å². The third-order valence-electron chi connectivity index (χ3n) is 1.42. The van der Waals surface area contributed by atoms with Crippen molar-refractivity contribution in [1.29, 1.82) is 0 Å². The van der Waals surface area contributed by atoms with Gasteiger partial charge in [-0.05, 0) is 6.92 Å². The summed E-state index contributed by atoms with van der Waals surface area (Å²) in [5.74, 6) is -0.108. The fourth-order valence-electron chi connectivity index (χ4n) is 0.876. The molecule has 0 aliphatic carbocycles. The molecule has 0 aromatic carbocycles. The molecule has 0 fully saturated rings. The van der Waals surface area contributed by atoms with Gasteiger partial charge in [-0.2, -0.15) is 0 Å². The van der Waals surface area contributed by atoms with Crippen molar-refractivity contribution in [3.05, 3.63) is 0 Å². The van der Waals surface area contributed by atoms with E-state index in [4.69, 9.17) is 0 Å². The number of hydrogen-bond donors (Lipinski definition) is 1. The molecule has 0 aliphatic rings. The largest absolute Gasteiger partial charge is 0.347 e. The normalized spacial score (nSPS) is 12.8. The zero-order valence-corrected chi connectivity index (χ0v) is 7.47. The van der Waals surface area contributed by atoms with Gasteiger partial charge in [-0.25, -0.2) is 0 Å². The van der Waals surface area contributed by atoms with Gasteiger partial charge in [-0.15, -0.1) is 0 Å². The SMILES string of the molecule is CC(=O)NC(C)C(=O)C(C)C. The van der Waals surface area contributed by atoms with Gasteiger partial charge in [0.05, 0.1) is 6.04 Å². The Kier molecular flexibility index (Phi) is 3.79. The molecule has 1 unspecified atom stereocenters. The zero-order chi connectivity index (χ0) is 9.02. The maximum Gasteiger partial charge on any atom is 0.217 e. The Morgan fingerprint density at radius 2 is 1.64 bits per heavy atom. The van der Waals surface area contributed by atoms with Crippen LogP contribution in [0.25, 0.3) is 0 Å². The third-order valence-corrected chi connectivity index (χ3v) is 1.42. The maximum atomic E-state index is 11.2. The van der Waals surface area contributed by atoms with E-state index in [-0.39, 0.29) is 23.7 Å². The van der Waals surface area contributed by atoms with Gasteiger partial charge in [0.2, 0.25) is 5.91 Å². The summed E-state index contributed by atoms with van der Waals surface area (Å²) >= 11 is 0. The van der Waals surface area contributed by atoms with Gasteiger partial charge in [0.15, 0.2) is 5.78 Å². The summed E-state index contributed by atoms with van der Waals surface area (Å²) in [6.07, 6.45) is 0. The average molecular weight is 157 g/mol. The van der Waals surface area contributed by atoms with Gasteiger partial charge in [0, 0.05) is 12.8 Å². The average Bonchev–Trinajstić information content (AvgIpc) is 1.84. The lowest BCUT2D eigenvalue weighted by Gasteiger charge is -2.12. The Hall–Kier alpha value is -0.860. The van der Waals surface area contributed by atoms with Gasteiger partial charge in [0.1, 0.15) is 0 Å². The second-order valence-corrected chi connectivity index (χ2v) is 2.98. The molecule has 0 heterocycles. The molecule has 1 N–H and O–H groups in total. The third kappa shape index (κ3) is 3.75. The van der Waals surface area contributed by atoms with Crippen molar-refractivity contribution in [3.8, 4) is 0 Å². The molecule has 0 aliphatic heterocycles. The van der Waals surface area contributed by atoms with Crippen molar-refractivity contribution in [3.63, 3.8) is 0 Å². The smallest absolute Gasteiger partial charge is 0.217 e. The summed E-state index contributed by atoms with van der Waals surface area (Å²) < 4.78 is 0. The molecule has 3 nitrogen and oxygen atoms in total. The van der Waals surface area contributed by atoms with Crippen LogP contribution in [0.3, 0.4) is 0 Å². The van der Waals surface area contributed by atoms with Crippen molar-refractivity contribution in [2.45, 2.75) is 33.7 Å². The number of Topliss-reactive ketones (excluding diaryl/α,β-unsaturated/α-hetero) is 1. The Morgan fingerprint density at radius 3 is 1.91 bits per heavy atom. The lowest BCUT2D eigenvalue weighted by atomic mass is 10.0. The lowest BCUT2D eigenvalue weighted by molar-refractivity contribution is -0.128. The maximum absolute atomic E-state index is 11.2. The molecular weight excluding hydrogens is 142 g/mol. The second-order valence-electron chi connectivity index (χ2n) is 2.98. The van der Waals surface area contributed by atoms with E-state index in [2.05, 4.69) is 5.32 Å². The van der Waals surface area contributed by atoms with Gasteiger partial charge < -0.3 is 5.32 Å². The number of amides is 1. The Labute approximate surface area is 67.2 Å². The van der Waals surface area contributed by atoms with E-state index in [1.165, 1.54) is 6.92 Å².